The first kappa shape index (κ1) is 32.6. The Morgan fingerprint density at radius 2 is 1.98 bits per heavy atom. The fraction of sp³-hybridized carbons (Fsp3) is 0.472. The number of aromatic nitrogens is 6. The van der Waals surface area contributed by atoms with Crippen molar-refractivity contribution < 1.29 is 23.5 Å². The molecule has 0 bridgehead atoms. The smallest absolute Gasteiger partial charge is 0.408 e. The minimum absolute atomic E-state index is 0.0200. The number of hydrogen-bond donors (Lipinski definition) is 1. The van der Waals surface area contributed by atoms with Crippen molar-refractivity contribution in [3.63, 3.8) is 0 Å². The Kier molecular flexibility index (Phi) is 8.53. The summed E-state index contributed by atoms with van der Waals surface area (Å²) in [5.41, 5.74) is 3.71. The molecule has 4 aromatic heterocycles. The largest absolute Gasteiger partial charge is 0.487 e. The van der Waals surface area contributed by atoms with E-state index in [1.165, 1.54) is 12.8 Å². The Labute approximate surface area is 284 Å². The molecule has 1 aliphatic carbocycles. The minimum atomic E-state index is -0.894. The van der Waals surface area contributed by atoms with Gasteiger partial charge in [-0.15, -0.1) is 0 Å². The number of alkyl halides is 1. The van der Waals surface area contributed by atoms with Crippen LogP contribution in [0.4, 0.5) is 9.18 Å². The van der Waals surface area contributed by atoms with E-state index in [0.29, 0.717) is 47.8 Å². The lowest BCUT2D eigenvalue weighted by Gasteiger charge is -2.31. The third kappa shape index (κ3) is 6.83. The normalized spacial score (nSPS) is 16.2. The first-order valence-electron chi connectivity index (χ1n) is 16.9. The number of halogens is 1. The van der Waals surface area contributed by atoms with Gasteiger partial charge < -0.3 is 33.4 Å². The van der Waals surface area contributed by atoms with Crippen LogP contribution in [-0.4, -0.2) is 83.1 Å². The number of ether oxygens (including phenoxy) is 2. The minimum Gasteiger partial charge on any atom is -0.487 e. The van der Waals surface area contributed by atoms with Gasteiger partial charge in [0.25, 0.3) is 5.91 Å². The Bertz CT molecular complexity index is 2010. The number of rotatable bonds is 11. The molecule has 12 nitrogen and oxygen atoms in total. The van der Waals surface area contributed by atoms with Gasteiger partial charge in [-0.25, -0.2) is 24.1 Å². The molecular formula is C36H43FN8O4. The van der Waals surface area contributed by atoms with Gasteiger partial charge in [-0.05, 0) is 64.7 Å². The zero-order valence-electron chi connectivity index (χ0n) is 28.6. The molecule has 2 aliphatic rings. The number of benzene rings is 1. The van der Waals surface area contributed by atoms with Gasteiger partial charge in [0, 0.05) is 50.9 Å². The van der Waals surface area contributed by atoms with Crippen molar-refractivity contribution >= 4 is 34.1 Å². The quantitative estimate of drug-likeness (QED) is 0.196. The molecule has 258 valence electrons. The van der Waals surface area contributed by atoms with E-state index in [9.17, 15) is 14.0 Å². The van der Waals surface area contributed by atoms with E-state index in [1.807, 2.05) is 34.5 Å². The lowest BCUT2D eigenvalue weighted by molar-refractivity contribution is 0.0465. The molecule has 2 amide bonds. The molecule has 5 heterocycles. The van der Waals surface area contributed by atoms with Crippen molar-refractivity contribution in [1.29, 1.82) is 0 Å². The summed E-state index contributed by atoms with van der Waals surface area (Å²) in [6.45, 7) is 8.36. The number of nitrogens with zero attached hydrogens (tertiary/aromatic N) is 7. The fourth-order valence-electron chi connectivity index (χ4n) is 6.58. The van der Waals surface area contributed by atoms with Crippen LogP contribution >= 0.6 is 0 Å². The number of pyridine rings is 1. The molecule has 0 radical (unpaired) electrons. The summed E-state index contributed by atoms with van der Waals surface area (Å²) in [7, 11) is 1.96. The standard InChI is InChI=1S/C36H43FN8O4/c1-22(18-43-14-12-38-21-43)48-30-8-6-7-24-15-29(45(31(24)30)19-23-9-10-23)33-41-28-16-26-27(40-32(28)42(33)5)11-13-44(34(26)46)20-25(17-37)39-35(47)49-36(2,3)4/h6-8,12,14-16,21-23,25H,9-11,13,17-20H2,1-5H3,(H,39,47)/t22-,25-/m1/s1. The molecule has 13 heteroatoms. The summed E-state index contributed by atoms with van der Waals surface area (Å²) >= 11 is 0. The SMILES string of the molecule is C[C@H](Cn1ccnc1)Oc1cccc2cc(-c3nc4cc5c(nc4n3C)CCN(C[C@@H](CF)NC(=O)OC(C)(C)C)C5=O)n(CC3CC3)c12. The molecule has 0 saturated heterocycles. The van der Waals surface area contributed by atoms with E-state index in [-0.39, 0.29) is 18.6 Å². The van der Waals surface area contributed by atoms with E-state index in [2.05, 4.69) is 33.9 Å². The predicted molar refractivity (Wildman–Crippen MR) is 183 cm³/mol. The van der Waals surface area contributed by atoms with Crippen molar-refractivity contribution in [2.75, 3.05) is 19.8 Å². The van der Waals surface area contributed by atoms with E-state index >= 15 is 0 Å². The fourth-order valence-corrected chi connectivity index (χ4v) is 6.58. The van der Waals surface area contributed by atoms with Crippen LogP contribution in [0.5, 0.6) is 5.75 Å². The molecular weight excluding hydrogens is 627 g/mol. The van der Waals surface area contributed by atoms with Gasteiger partial charge in [0.15, 0.2) is 11.5 Å². The number of nitrogens with one attached hydrogen (secondary N) is 1. The molecule has 2 atom stereocenters. The zero-order valence-corrected chi connectivity index (χ0v) is 28.6. The Hall–Kier alpha value is -4.94. The molecule has 5 aromatic rings. The summed E-state index contributed by atoms with van der Waals surface area (Å²) in [6, 6.07) is 9.21. The van der Waals surface area contributed by atoms with Crippen LogP contribution < -0.4 is 10.1 Å². The highest BCUT2D eigenvalue weighted by atomic mass is 19.1. The van der Waals surface area contributed by atoms with Gasteiger partial charge in [-0.1, -0.05) is 12.1 Å². The molecule has 1 fully saturated rings. The van der Waals surface area contributed by atoms with E-state index in [4.69, 9.17) is 19.4 Å². The monoisotopic (exact) mass is 670 g/mol. The van der Waals surface area contributed by atoms with Gasteiger partial charge in [-0.2, -0.15) is 0 Å². The summed E-state index contributed by atoms with van der Waals surface area (Å²) in [5, 5.41) is 3.62. The summed E-state index contributed by atoms with van der Waals surface area (Å²) in [6.07, 6.45) is 7.57. The van der Waals surface area contributed by atoms with E-state index in [1.54, 1.807) is 44.3 Å². The van der Waals surface area contributed by atoms with Gasteiger partial charge in [0.05, 0.1) is 41.4 Å². The van der Waals surface area contributed by atoms with Gasteiger partial charge in [0.2, 0.25) is 0 Å². The highest BCUT2D eigenvalue weighted by Crippen LogP contribution is 2.39. The second-order valence-corrected chi connectivity index (χ2v) is 14.3. The van der Waals surface area contributed by atoms with E-state index in [0.717, 1.165) is 34.7 Å². The Morgan fingerprint density at radius 3 is 2.69 bits per heavy atom. The van der Waals surface area contributed by atoms with Gasteiger partial charge in [0.1, 0.15) is 29.6 Å². The maximum Gasteiger partial charge on any atom is 0.408 e. The van der Waals surface area contributed by atoms with E-state index < -0.39 is 24.4 Å². The number of para-hydroxylation sites is 1. The number of carbonyl (C=O) groups excluding carboxylic acids is 2. The number of aryl methyl sites for hydroxylation is 1. The average molecular weight is 671 g/mol. The van der Waals surface area contributed by atoms with Gasteiger partial charge in [-0.3, -0.25) is 4.79 Å². The van der Waals surface area contributed by atoms with Crippen LogP contribution in [0.1, 0.15) is 56.6 Å². The van der Waals surface area contributed by atoms with Gasteiger partial charge >= 0.3 is 6.09 Å². The first-order valence-corrected chi connectivity index (χ1v) is 16.9. The molecule has 0 unspecified atom stereocenters. The van der Waals surface area contributed by atoms with Crippen molar-refractivity contribution in [1.82, 2.24) is 38.9 Å². The topological polar surface area (TPSA) is 121 Å². The van der Waals surface area contributed by atoms with Crippen molar-refractivity contribution in [3.05, 3.63) is 60.3 Å². The van der Waals surface area contributed by atoms with Crippen LogP contribution in [0.3, 0.4) is 0 Å². The van der Waals surface area contributed by atoms with Crippen LogP contribution in [0.2, 0.25) is 0 Å². The summed E-state index contributed by atoms with van der Waals surface area (Å²) in [5.74, 6) is 1.90. The maximum atomic E-state index is 14.0. The Balaban J connectivity index is 1.19. The second-order valence-electron chi connectivity index (χ2n) is 14.3. The molecule has 1 aliphatic heterocycles. The highest BCUT2D eigenvalue weighted by Gasteiger charge is 2.31. The number of amides is 2. The molecule has 7 rings (SSSR count). The number of fused-ring (bicyclic) bond motifs is 3. The van der Waals surface area contributed by atoms with Crippen LogP contribution in [0.25, 0.3) is 33.6 Å². The molecule has 1 aromatic carbocycles. The summed E-state index contributed by atoms with van der Waals surface area (Å²) in [4.78, 5) is 41.6. The van der Waals surface area contributed by atoms with Crippen molar-refractivity contribution in [2.24, 2.45) is 13.0 Å². The molecule has 1 N–H and O–H groups in total. The number of alkyl carbamates (subject to hydrolysis) is 1. The lowest BCUT2D eigenvalue weighted by atomic mass is 10.0. The number of hydrogen-bond acceptors (Lipinski definition) is 7. The van der Waals surface area contributed by atoms with Crippen LogP contribution in [0, 0.1) is 5.92 Å². The van der Waals surface area contributed by atoms with Crippen LogP contribution in [0.15, 0.2) is 49.1 Å². The third-order valence-corrected chi connectivity index (χ3v) is 9.01. The van der Waals surface area contributed by atoms with Crippen molar-refractivity contribution in [2.45, 2.75) is 77.8 Å². The zero-order chi connectivity index (χ0) is 34.4. The Morgan fingerprint density at radius 1 is 1.16 bits per heavy atom. The summed E-state index contributed by atoms with van der Waals surface area (Å²) < 4.78 is 32.1. The molecule has 0 spiro atoms. The van der Waals surface area contributed by atoms with Crippen molar-refractivity contribution in [3.8, 4) is 17.3 Å². The highest BCUT2D eigenvalue weighted by molar-refractivity contribution is 5.99. The maximum absolute atomic E-state index is 14.0. The predicted octanol–water partition coefficient (Wildman–Crippen LogP) is 5.53. The third-order valence-electron chi connectivity index (χ3n) is 9.01. The first-order chi connectivity index (χ1) is 23.5. The molecule has 1 saturated carbocycles. The number of carbonyl (C=O) groups is 2. The number of imidazole rings is 2. The lowest BCUT2D eigenvalue weighted by Crippen LogP contribution is -2.50. The van der Waals surface area contributed by atoms with Crippen LogP contribution in [-0.2, 0) is 31.3 Å². The molecule has 49 heavy (non-hydrogen) atoms. The second kappa shape index (κ2) is 12.8. The average Bonchev–Trinajstić information content (AvgIpc) is 3.42.